The number of nitrogens with two attached hydrogens (primary N) is 1. The molecule has 1 aromatic heterocycles. The average molecular weight is 426 g/mol. The number of alkyl halides is 3. The fourth-order valence-corrected chi connectivity index (χ4v) is 2.55. The number of hydrogen-bond donors (Lipinski definition) is 3. The summed E-state index contributed by atoms with van der Waals surface area (Å²) in [7, 11) is 1.51. The van der Waals surface area contributed by atoms with Crippen LogP contribution in [0, 0.1) is 0 Å². The van der Waals surface area contributed by atoms with Gasteiger partial charge in [0, 0.05) is 10.7 Å². The highest BCUT2D eigenvalue weighted by Crippen LogP contribution is 2.34. The Morgan fingerprint density at radius 3 is 2.28 bits per heavy atom. The summed E-state index contributed by atoms with van der Waals surface area (Å²) >= 11 is 6.02. The van der Waals surface area contributed by atoms with Gasteiger partial charge in [-0.15, -0.1) is 13.2 Å². The third-order valence-electron chi connectivity index (χ3n) is 3.65. The average Bonchev–Trinajstić information content (AvgIpc) is 2.65. The van der Waals surface area contributed by atoms with Crippen LogP contribution in [0.2, 0.25) is 5.02 Å². The number of ether oxygens (including phenoxy) is 2. The lowest BCUT2D eigenvalue weighted by Crippen LogP contribution is -2.17. The third kappa shape index (κ3) is 5.32. The van der Waals surface area contributed by atoms with Crippen molar-refractivity contribution in [3.8, 4) is 11.5 Å². The zero-order valence-corrected chi connectivity index (χ0v) is 15.7. The van der Waals surface area contributed by atoms with E-state index in [4.69, 9.17) is 22.1 Å². The van der Waals surface area contributed by atoms with Crippen molar-refractivity contribution in [3.05, 3.63) is 53.8 Å². The molecule has 0 saturated carbocycles. The van der Waals surface area contributed by atoms with Crippen molar-refractivity contribution in [2.75, 3.05) is 23.5 Å². The largest absolute Gasteiger partial charge is 0.573 e. The van der Waals surface area contributed by atoms with Crippen LogP contribution in [-0.4, -0.2) is 23.4 Å². The molecule has 0 aliphatic heterocycles. The maximum Gasteiger partial charge on any atom is 0.573 e. The minimum Gasteiger partial charge on any atom is -0.495 e. The highest BCUT2D eigenvalue weighted by Gasteiger charge is 2.30. The molecule has 4 N–H and O–H groups in total. The maximum atomic E-state index is 12.2. The Morgan fingerprint density at radius 2 is 1.66 bits per heavy atom. The van der Waals surface area contributed by atoms with Crippen LogP contribution in [0.3, 0.4) is 0 Å². The Hall–Kier alpha value is -3.40. The molecule has 0 aliphatic rings. The third-order valence-corrected chi connectivity index (χ3v) is 3.88. The van der Waals surface area contributed by atoms with Crippen LogP contribution < -0.4 is 25.8 Å². The van der Waals surface area contributed by atoms with Crippen molar-refractivity contribution in [2.45, 2.75) is 6.36 Å². The summed E-state index contributed by atoms with van der Waals surface area (Å²) in [6, 6.07) is 10.1. The molecule has 0 bridgehead atoms. The normalized spacial score (nSPS) is 11.1. The van der Waals surface area contributed by atoms with Gasteiger partial charge in [-0.25, -0.2) is 9.97 Å². The summed E-state index contributed by atoms with van der Waals surface area (Å²) in [5.41, 5.74) is 7.31. The van der Waals surface area contributed by atoms with Gasteiger partial charge >= 0.3 is 6.36 Å². The number of rotatable bonds is 6. The summed E-state index contributed by atoms with van der Waals surface area (Å²) in [5, 5.41) is 6.43. The topological polar surface area (TPSA) is 94.3 Å². The first-order valence-corrected chi connectivity index (χ1v) is 8.47. The number of nitrogens with zero attached hydrogens (tertiary/aromatic N) is 2. The smallest absolute Gasteiger partial charge is 0.495 e. The second-order valence-electron chi connectivity index (χ2n) is 5.65. The molecule has 0 radical (unpaired) electrons. The van der Waals surface area contributed by atoms with Crippen molar-refractivity contribution >= 4 is 40.3 Å². The molecule has 152 valence electrons. The van der Waals surface area contributed by atoms with Gasteiger partial charge in [-0.05, 0) is 42.5 Å². The van der Waals surface area contributed by atoms with Gasteiger partial charge in [-0.1, -0.05) is 11.6 Å². The van der Waals surface area contributed by atoms with Crippen LogP contribution in [0.1, 0.15) is 0 Å². The SMILES string of the molecule is COc1ccc(Cl)cc1Nc1ncnc(Nc2ccc(OC(F)(F)F)cc2)c1N. The Balaban J connectivity index is 1.80. The fourth-order valence-electron chi connectivity index (χ4n) is 2.38. The summed E-state index contributed by atoms with van der Waals surface area (Å²) in [5.74, 6) is 0.740. The molecule has 3 aromatic rings. The van der Waals surface area contributed by atoms with Gasteiger partial charge < -0.3 is 25.8 Å². The number of anilines is 5. The van der Waals surface area contributed by atoms with E-state index in [0.717, 1.165) is 0 Å². The zero-order valence-electron chi connectivity index (χ0n) is 14.9. The number of benzene rings is 2. The van der Waals surface area contributed by atoms with Gasteiger partial charge in [0.15, 0.2) is 11.6 Å². The van der Waals surface area contributed by atoms with E-state index in [-0.39, 0.29) is 17.3 Å². The molecule has 0 fully saturated rings. The van der Waals surface area contributed by atoms with E-state index in [2.05, 4.69) is 25.3 Å². The van der Waals surface area contributed by atoms with Crippen molar-refractivity contribution in [3.63, 3.8) is 0 Å². The van der Waals surface area contributed by atoms with Gasteiger partial charge in [-0.3, -0.25) is 0 Å². The predicted octanol–water partition coefficient (Wildman–Crippen LogP) is 5.11. The Kier molecular flexibility index (Phi) is 5.83. The van der Waals surface area contributed by atoms with Crippen LogP contribution in [0.15, 0.2) is 48.8 Å². The summed E-state index contributed by atoms with van der Waals surface area (Å²) in [6.45, 7) is 0. The lowest BCUT2D eigenvalue weighted by atomic mass is 10.2. The Bertz CT molecular complexity index is 1000. The monoisotopic (exact) mass is 425 g/mol. The molecule has 11 heteroatoms. The van der Waals surface area contributed by atoms with E-state index in [1.54, 1.807) is 18.2 Å². The quantitative estimate of drug-likeness (QED) is 0.505. The highest BCUT2D eigenvalue weighted by atomic mass is 35.5. The molecule has 2 aromatic carbocycles. The minimum atomic E-state index is -4.76. The molecule has 0 atom stereocenters. The fraction of sp³-hybridized carbons (Fsp3) is 0.111. The molecule has 7 nitrogen and oxygen atoms in total. The molecule has 0 saturated heterocycles. The van der Waals surface area contributed by atoms with E-state index < -0.39 is 6.36 Å². The molecular formula is C18H15ClF3N5O2. The number of nitrogen functional groups attached to an aromatic ring is 1. The molecule has 0 aliphatic carbocycles. The second kappa shape index (κ2) is 8.31. The van der Waals surface area contributed by atoms with Crippen molar-refractivity contribution in [2.24, 2.45) is 0 Å². The van der Waals surface area contributed by atoms with Crippen molar-refractivity contribution < 1.29 is 22.6 Å². The minimum absolute atomic E-state index is 0.185. The summed E-state index contributed by atoms with van der Waals surface area (Å²) in [4.78, 5) is 8.17. The van der Waals surface area contributed by atoms with Gasteiger partial charge in [-0.2, -0.15) is 0 Å². The number of nitrogens with one attached hydrogen (secondary N) is 2. The molecule has 0 unspecified atom stereocenters. The van der Waals surface area contributed by atoms with Gasteiger partial charge in [0.1, 0.15) is 23.5 Å². The lowest BCUT2D eigenvalue weighted by Gasteiger charge is -2.15. The van der Waals surface area contributed by atoms with Crippen molar-refractivity contribution in [1.82, 2.24) is 9.97 Å². The van der Waals surface area contributed by atoms with E-state index in [1.165, 1.54) is 37.7 Å². The van der Waals surface area contributed by atoms with Gasteiger partial charge in [0.05, 0.1) is 12.8 Å². The van der Waals surface area contributed by atoms with Crippen molar-refractivity contribution in [1.29, 1.82) is 0 Å². The van der Waals surface area contributed by atoms with Crippen LogP contribution >= 0.6 is 11.6 Å². The van der Waals surface area contributed by atoms with E-state index in [1.807, 2.05) is 0 Å². The zero-order chi connectivity index (χ0) is 21.0. The first-order chi connectivity index (χ1) is 13.7. The highest BCUT2D eigenvalue weighted by molar-refractivity contribution is 6.31. The summed E-state index contributed by atoms with van der Waals surface area (Å²) in [6.07, 6.45) is -3.48. The molecule has 29 heavy (non-hydrogen) atoms. The maximum absolute atomic E-state index is 12.2. The number of methoxy groups -OCH3 is 1. The first-order valence-electron chi connectivity index (χ1n) is 8.09. The standard InChI is InChI=1S/C18H15ClF3N5O2/c1-28-14-7-2-10(19)8-13(14)27-17-15(23)16(24-9-25-17)26-11-3-5-12(6-4-11)29-18(20,21)22/h2-9H,23H2,1H3,(H2,24,25,26,27). The van der Waals surface area contributed by atoms with E-state index >= 15 is 0 Å². The first kappa shape index (κ1) is 20.3. The van der Waals surface area contributed by atoms with Gasteiger partial charge in [0.2, 0.25) is 0 Å². The molecule has 1 heterocycles. The molecule has 3 rings (SSSR count). The number of hydrogen-bond acceptors (Lipinski definition) is 7. The van der Waals surface area contributed by atoms with E-state index in [9.17, 15) is 13.2 Å². The number of halogens is 4. The van der Waals surface area contributed by atoms with Crippen LogP contribution in [-0.2, 0) is 0 Å². The van der Waals surface area contributed by atoms with Gasteiger partial charge in [0.25, 0.3) is 0 Å². The van der Waals surface area contributed by atoms with E-state index in [0.29, 0.717) is 28.0 Å². The molecule has 0 amide bonds. The Labute approximate surface area is 168 Å². The van der Waals surface area contributed by atoms with Crippen LogP contribution in [0.4, 0.5) is 41.9 Å². The lowest BCUT2D eigenvalue weighted by molar-refractivity contribution is -0.274. The Morgan fingerprint density at radius 1 is 1.00 bits per heavy atom. The second-order valence-corrected chi connectivity index (χ2v) is 6.09. The molecular weight excluding hydrogens is 411 g/mol. The van der Waals surface area contributed by atoms with Crippen LogP contribution in [0.5, 0.6) is 11.5 Å². The molecule has 0 spiro atoms. The predicted molar refractivity (Wildman–Crippen MR) is 104 cm³/mol. The summed E-state index contributed by atoms with van der Waals surface area (Å²) < 4.78 is 45.9. The number of aromatic nitrogens is 2. The van der Waals surface area contributed by atoms with Crippen LogP contribution in [0.25, 0.3) is 0 Å².